The number of carbonyl (C=O) groups is 20. The van der Waals surface area contributed by atoms with Crippen LogP contribution in [0.5, 0.6) is 5.75 Å². The molecular weight excluding hydrogens is 1770 g/mol. The molecule has 27 N–H and O–H groups in total. The summed E-state index contributed by atoms with van der Waals surface area (Å²) in [5.41, 5.74) is 27.0. The average Bonchev–Trinajstić information content (AvgIpc) is 1.74. The molecule has 0 saturated carbocycles. The molecule has 13 atom stereocenters. The van der Waals surface area contributed by atoms with Gasteiger partial charge in [-0.1, -0.05) is 72.8 Å². The Morgan fingerprint density at radius 2 is 0.850 bits per heavy atom. The van der Waals surface area contributed by atoms with Gasteiger partial charge in [-0.3, -0.25) is 95.9 Å². The number of unbranched alkanes of at least 4 members (excludes halogenated alkanes) is 2. The summed E-state index contributed by atoms with van der Waals surface area (Å²) in [5.74, 6) is -19.0. The topological polar surface area (TPSA) is 697 Å². The van der Waals surface area contributed by atoms with E-state index in [0.717, 1.165) is 19.2 Å². The van der Waals surface area contributed by atoms with Gasteiger partial charge in [0.05, 0.1) is 25.5 Å². The van der Waals surface area contributed by atoms with Crippen LogP contribution >= 0.6 is 25.3 Å². The molecule has 133 heavy (non-hydrogen) atoms. The van der Waals surface area contributed by atoms with Crippen molar-refractivity contribution < 1.29 is 106 Å². The van der Waals surface area contributed by atoms with E-state index in [9.17, 15) is 72.2 Å². The number of aliphatic hydroxyl groups is 1. The third kappa shape index (κ3) is 38.1. The van der Waals surface area contributed by atoms with Crippen molar-refractivity contribution >= 4 is 165 Å². The van der Waals surface area contributed by atoms with Gasteiger partial charge in [0.25, 0.3) is 0 Å². The zero-order chi connectivity index (χ0) is 99.4. The van der Waals surface area contributed by atoms with Crippen LogP contribution in [0.2, 0.25) is 0 Å². The molecule has 0 aliphatic carbocycles. The number of para-hydroxylation sites is 1. The van der Waals surface area contributed by atoms with Crippen LogP contribution < -0.4 is 113 Å². The zero-order valence-corrected chi connectivity index (χ0v) is 77.7. The molecule has 0 fully saturated rings. The van der Waals surface area contributed by atoms with E-state index in [-0.39, 0.29) is 77.1 Å². The Labute approximate surface area is 779 Å². The first kappa shape index (κ1) is 110. The molecule has 726 valence electrons. The highest BCUT2D eigenvalue weighted by molar-refractivity contribution is 7.82. The van der Waals surface area contributed by atoms with Crippen molar-refractivity contribution in [3.63, 3.8) is 0 Å². The SMILES string of the molecule is CC(=O)NCCCC[C@H](NC(=O)[C@](C)(CCCCNC(C)=O)NC(=O)[C@H](Cc1ccc2ccccc2c1)NC(=O)[C@H](Cc1ccc(OCCNC(C)=O)cc1)NC(=O)[C@@H](NC(=O)[C@H](CCC(N)=O)NC(=O)[C@H](Cc1c[nH]c2ccccc12)NC(=O)[C@@H](NC(=O)[C@H](CCC(N)=O)NC(=O)[C@@H](NC(C)=O)C(C)(C)S)[C@@H](C)O)C(C)(C)S)C(=O)N[C@@H](CC(N)=O)C(=O)N[C@@H](CC(N)=O)C(N)=O. The quantitative estimate of drug-likeness (QED) is 0.0131. The third-order valence-corrected chi connectivity index (χ3v) is 21.5. The van der Waals surface area contributed by atoms with Crippen molar-refractivity contribution in [1.29, 1.82) is 0 Å². The number of H-pyrrole nitrogens is 1. The van der Waals surface area contributed by atoms with Crippen LogP contribution in [0.25, 0.3) is 21.7 Å². The van der Waals surface area contributed by atoms with Gasteiger partial charge < -0.3 is 123 Å². The number of aromatic amines is 1. The number of nitrogens with two attached hydrogens (primary N) is 5. The fourth-order valence-corrected chi connectivity index (χ4v) is 14.3. The first-order valence-electron chi connectivity index (χ1n) is 43.0. The van der Waals surface area contributed by atoms with Crippen LogP contribution in [0.15, 0.2) is 97.2 Å². The van der Waals surface area contributed by atoms with Crippen LogP contribution in [-0.2, 0) is 115 Å². The lowest BCUT2D eigenvalue weighted by atomic mass is 9.91. The van der Waals surface area contributed by atoms with Crippen LogP contribution in [0.3, 0.4) is 0 Å². The monoisotopic (exact) mass is 1890 g/mol. The number of primary amides is 5. The van der Waals surface area contributed by atoms with E-state index in [2.05, 4.69) is 97.4 Å². The Kier molecular flexibility index (Phi) is 43.5. The summed E-state index contributed by atoms with van der Waals surface area (Å²) < 4.78 is 2.92. The molecule has 1 heterocycles. The first-order valence-corrected chi connectivity index (χ1v) is 43.9. The van der Waals surface area contributed by atoms with Crippen LogP contribution in [-0.4, -0.2) is 242 Å². The number of rotatable bonds is 57. The van der Waals surface area contributed by atoms with Crippen molar-refractivity contribution in [1.82, 2.24) is 84.7 Å². The molecule has 0 radical (unpaired) electrons. The molecule has 4 aromatic carbocycles. The first-order chi connectivity index (χ1) is 62.3. The average molecular weight is 1890 g/mol. The highest BCUT2D eigenvalue weighted by atomic mass is 32.1. The van der Waals surface area contributed by atoms with Gasteiger partial charge in [0.2, 0.25) is 118 Å². The number of ether oxygens (including phenoxy) is 1. The van der Waals surface area contributed by atoms with Crippen molar-refractivity contribution in [2.24, 2.45) is 28.7 Å². The normalized spacial score (nSPS) is 14.5. The number of fused-ring (bicyclic) bond motifs is 2. The Morgan fingerprint density at radius 1 is 0.414 bits per heavy atom. The summed E-state index contributed by atoms with van der Waals surface area (Å²) in [5, 5.41) is 51.6. The molecular formula is C88H125N21O22S2. The predicted molar refractivity (Wildman–Crippen MR) is 494 cm³/mol. The fraction of sp³-hybridized carbons (Fsp3) is 0.500. The van der Waals surface area contributed by atoms with Gasteiger partial charge >= 0.3 is 0 Å². The van der Waals surface area contributed by atoms with E-state index < -0.39 is 251 Å². The number of benzene rings is 4. The number of hydrogen-bond donors (Lipinski definition) is 24. The van der Waals surface area contributed by atoms with E-state index in [1.165, 1.54) is 85.9 Å². The molecule has 5 aromatic rings. The molecule has 45 heteroatoms. The molecule has 0 bridgehead atoms. The highest BCUT2D eigenvalue weighted by Gasteiger charge is 2.44. The number of carbonyl (C=O) groups excluding carboxylic acids is 20. The number of aromatic nitrogens is 1. The Morgan fingerprint density at radius 3 is 1.40 bits per heavy atom. The minimum absolute atomic E-state index is 0.0273. The van der Waals surface area contributed by atoms with Gasteiger partial charge in [-0.25, -0.2) is 0 Å². The number of amides is 20. The van der Waals surface area contributed by atoms with Gasteiger partial charge in [-0.15, -0.1) is 0 Å². The second-order valence-electron chi connectivity index (χ2n) is 33.7. The smallest absolute Gasteiger partial charge is 0.246 e. The van der Waals surface area contributed by atoms with E-state index in [1.807, 2.05) is 6.07 Å². The summed E-state index contributed by atoms with van der Waals surface area (Å²) >= 11 is 9.21. The molecule has 0 saturated heterocycles. The maximum absolute atomic E-state index is 15.8. The van der Waals surface area contributed by atoms with E-state index in [1.54, 1.807) is 60.7 Å². The lowest BCUT2D eigenvalue weighted by molar-refractivity contribution is -0.138. The maximum Gasteiger partial charge on any atom is 0.246 e. The molecule has 1 aromatic heterocycles. The summed E-state index contributed by atoms with van der Waals surface area (Å²) in [4.78, 5) is 277. The molecule has 5 rings (SSSR count). The largest absolute Gasteiger partial charge is 0.492 e. The van der Waals surface area contributed by atoms with Gasteiger partial charge in [-0.05, 0) is 139 Å². The fourth-order valence-electron chi connectivity index (χ4n) is 13.9. The Bertz CT molecular complexity index is 5020. The van der Waals surface area contributed by atoms with Gasteiger partial charge in [0, 0.05) is 99.5 Å². The second-order valence-corrected chi connectivity index (χ2v) is 36.0. The van der Waals surface area contributed by atoms with E-state index in [0.29, 0.717) is 38.7 Å². The summed E-state index contributed by atoms with van der Waals surface area (Å²) in [6, 6.07) is 6.01. The standard InChI is InChI=1S/C88H125N21O22S2/c1-46(110)71(107-76(121)60(30-32-67(89)115)100-83(128)72(86(6,7)132)98-50(5)114)82(127)104-65(42-55-45-97-58-22-14-13-21-57(55)58)79(124)99-61(31-33-68(90)116)77(122)108-73(87(8,9)133)84(129)105-63(40-51-25-28-56(29-26-51)131-38-37-96-49(4)113)78(123)102-64(41-52-24-27-53-19-11-12-20-54(53)39-52)81(126)109-88(10,34-16-18-36-95-48(3)112)85(130)106-59(23-15-17-35-94-47(2)111)75(120)103-66(44-70(92)118)80(125)101-62(74(93)119)43-69(91)117/h11-14,19-22,24-29,39,45-46,59-66,71-73,97,110,132-133H,15-18,23,30-38,40-44H2,1-10H3,(H2,89,115)(H2,90,116)(H2,91,117)(H2,92,118)(H2,93,119)(H,94,111)(H,95,112)(H,96,113)(H,98,114)(H,99,124)(H,100,128)(H,101,125)(H,102,123)(H,103,120)(H,104,127)(H,105,129)(H,106,130)(H,107,121)(H,108,122)(H,109,126)/t46-,59+,60+,61+,62+,63+,64+,65+,66+,71+,72-,73-,88+/m1/s1. The molecule has 0 spiro atoms. The van der Waals surface area contributed by atoms with E-state index >= 15 is 28.8 Å². The Balaban J connectivity index is 1.62. The summed E-state index contributed by atoms with van der Waals surface area (Å²) in [7, 11) is 0. The molecule has 0 unspecified atom stereocenters. The van der Waals surface area contributed by atoms with Crippen LogP contribution in [0.4, 0.5) is 0 Å². The predicted octanol–water partition coefficient (Wildman–Crippen LogP) is -3.73. The number of thiol groups is 2. The van der Waals surface area contributed by atoms with Gasteiger partial charge in [0.1, 0.15) is 84.4 Å². The van der Waals surface area contributed by atoms with Gasteiger partial charge in [0.15, 0.2) is 0 Å². The van der Waals surface area contributed by atoms with Crippen molar-refractivity contribution in [3.05, 3.63) is 114 Å². The minimum atomic E-state index is -2.12. The zero-order valence-electron chi connectivity index (χ0n) is 75.9. The van der Waals surface area contributed by atoms with Crippen LogP contribution in [0.1, 0.15) is 163 Å². The van der Waals surface area contributed by atoms with Crippen molar-refractivity contribution in [2.45, 2.75) is 253 Å². The van der Waals surface area contributed by atoms with E-state index in [4.69, 9.17) is 46.0 Å². The second kappa shape index (κ2) is 52.5. The molecule has 20 amide bonds. The highest BCUT2D eigenvalue weighted by Crippen LogP contribution is 2.26. The Hall–Kier alpha value is -13.5. The maximum atomic E-state index is 15.8. The molecule has 43 nitrogen and oxygen atoms in total. The molecule has 0 aliphatic heterocycles. The van der Waals surface area contributed by atoms with Crippen molar-refractivity contribution in [3.8, 4) is 5.75 Å². The number of aliphatic hydroxyl groups excluding tert-OH is 1. The number of nitrogens with one attached hydrogen (secondary N) is 16. The lowest BCUT2D eigenvalue weighted by Gasteiger charge is -2.34. The lowest BCUT2D eigenvalue weighted by Crippen LogP contribution is -2.65. The number of hydrogen-bond acceptors (Lipinski definition) is 24. The van der Waals surface area contributed by atoms with Crippen molar-refractivity contribution in [2.75, 3.05) is 26.2 Å². The summed E-state index contributed by atoms with van der Waals surface area (Å²) in [6.07, 6.45) is -5.28. The summed E-state index contributed by atoms with van der Waals surface area (Å²) in [6.45, 7) is 13.5. The third-order valence-electron chi connectivity index (χ3n) is 21.0. The molecule has 0 aliphatic rings. The minimum Gasteiger partial charge on any atom is -0.492 e. The van der Waals surface area contributed by atoms with Crippen LogP contribution in [0, 0.1) is 0 Å². The van der Waals surface area contributed by atoms with Gasteiger partial charge in [-0.2, -0.15) is 25.3 Å².